The van der Waals surface area contributed by atoms with Crippen LogP contribution in [-0.4, -0.2) is 58.4 Å². The molecule has 27 heavy (non-hydrogen) atoms. The highest BCUT2D eigenvalue weighted by molar-refractivity contribution is 6.30. The lowest BCUT2D eigenvalue weighted by Crippen LogP contribution is -2.45. The summed E-state index contributed by atoms with van der Waals surface area (Å²) < 4.78 is 1.65. The van der Waals surface area contributed by atoms with Gasteiger partial charge < -0.3 is 15.1 Å². The van der Waals surface area contributed by atoms with E-state index in [9.17, 15) is 4.79 Å². The zero-order valence-corrected chi connectivity index (χ0v) is 15.9. The van der Waals surface area contributed by atoms with E-state index >= 15 is 0 Å². The summed E-state index contributed by atoms with van der Waals surface area (Å²) in [6.45, 7) is 4.50. The molecule has 3 heterocycles. The number of halogens is 1. The molecular weight excluding hydrogens is 364 g/mol. The predicted molar refractivity (Wildman–Crippen MR) is 105 cm³/mol. The van der Waals surface area contributed by atoms with Crippen LogP contribution in [0.3, 0.4) is 0 Å². The summed E-state index contributed by atoms with van der Waals surface area (Å²) in [7, 11) is 2.14. The summed E-state index contributed by atoms with van der Waals surface area (Å²) in [5, 5.41) is 3.46. The number of nitrogens with one attached hydrogen (secondary N) is 1. The van der Waals surface area contributed by atoms with Crippen molar-refractivity contribution >= 4 is 29.0 Å². The first-order valence-corrected chi connectivity index (χ1v) is 9.28. The average molecular weight is 385 g/mol. The number of piperazine rings is 1. The zero-order valence-electron chi connectivity index (χ0n) is 15.1. The summed E-state index contributed by atoms with van der Waals surface area (Å²) in [5.74, 6) is 0.215. The average Bonchev–Trinajstić information content (AvgIpc) is 3.10. The fourth-order valence-corrected chi connectivity index (χ4v) is 3.41. The topological polar surface area (TPSA) is 65.8 Å². The Morgan fingerprint density at radius 3 is 2.78 bits per heavy atom. The minimum Gasteiger partial charge on any atom is -0.369 e. The van der Waals surface area contributed by atoms with Crippen LogP contribution in [0, 0.1) is 0 Å². The van der Waals surface area contributed by atoms with Crippen molar-refractivity contribution in [3.63, 3.8) is 0 Å². The van der Waals surface area contributed by atoms with Crippen LogP contribution in [0.15, 0.2) is 42.9 Å². The number of likely N-dealkylation sites (N-methyl/N-ethyl adjacent to an activating group) is 1. The number of anilines is 1. The van der Waals surface area contributed by atoms with Crippen molar-refractivity contribution in [3.8, 4) is 0 Å². The highest BCUT2D eigenvalue weighted by atomic mass is 35.5. The molecule has 1 N–H and O–H groups in total. The highest BCUT2D eigenvalue weighted by Gasteiger charge is 2.17. The summed E-state index contributed by atoms with van der Waals surface area (Å²) in [5.41, 5.74) is 2.59. The number of rotatable bonds is 4. The summed E-state index contributed by atoms with van der Waals surface area (Å²) in [6.07, 6.45) is 4.82. The quantitative estimate of drug-likeness (QED) is 0.746. The maximum absolute atomic E-state index is 12.5. The van der Waals surface area contributed by atoms with Gasteiger partial charge in [-0.05, 0) is 18.7 Å². The molecule has 1 saturated heterocycles. The Morgan fingerprint density at radius 1 is 1.19 bits per heavy atom. The number of nitrogens with zero attached hydrogens (tertiary/aromatic N) is 5. The molecule has 0 atom stereocenters. The molecule has 3 aromatic rings. The standard InChI is InChI=1S/C19H21ClN6O/c1-24-6-8-25(9-7-24)17-5-3-2-4-14(17)10-21-18(27)16-13-26-12-15(20)11-22-19(26)23-16/h2-5,11-13H,6-10H2,1H3,(H,21,27). The van der Waals surface area contributed by atoms with E-state index in [1.807, 2.05) is 12.1 Å². The van der Waals surface area contributed by atoms with Gasteiger partial charge in [-0.2, -0.15) is 0 Å². The third kappa shape index (κ3) is 3.89. The largest absolute Gasteiger partial charge is 0.369 e. The van der Waals surface area contributed by atoms with E-state index in [1.165, 1.54) is 11.9 Å². The molecule has 1 amide bonds. The van der Waals surface area contributed by atoms with Crippen LogP contribution in [0.5, 0.6) is 0 Å². The first-order valence-electron chi connectivity index (χ1n) is 8.90. The van der Waals surface area contributed by atoms with E-state index in [-0.39, 0.29) is 5.91 Å². The maximum Gasteiger partial charge on any atom is 0.271 e. The van der Waals surface area contributed by atoms with E-state index in [4.69, 9.17) is 11.6 Å². The second-order valence-electron chi connectivity index (χ2n) is 6.71. The summed E-state index contributed by atoms with van der Waals surface area (Å²) >= 11 is 5.93. The third-order valence-corrected chi connectivity index (χ3v) is 4.98. The molecule has 8 heteroatoms. The fraction of sp³-hybridized carbons (Fsp3) is 0.316. The second kappa shape index (κ2) is 7.54. The smallest absolute Gasteiger partial charge is 0.271 e. The van der Waals surface area contributed by atoms with Gasteiger partial charge in [0.15, 0.2) is 0 Å². The Hall–Kier alpha value is -2.64. The Bertz CT molecular complexity index is 964. The first-order chi connectivity index (χ1) is 13.1. The molecular formula is C19H21ClN6O. The third-order valence-electron chi connectivity index (χ3n) is 4.79. The van der Waals surface area contributed by atoms with E-state index in [0.717, 1.165) is 31.7 Å². The highest BCUT2D eigenvalue weighted by Crippen LogP contribution is 2.21. The molecule has 0 spiro atoms. The molecule has 4 rings (SSSR count). The molecule has 0 radical (unpaired) electrons. The molecule has 1 aliphatic rings. The number of fused-ring (bicyclic) bond motifs is 1. The summed E-state index contributed by atoms with van der Waals surface area (Å²) in [4.78, 5) is 25.6. The normalized spacial score (nSPS) is 15.3. The maximum atomic E-state index is 12.5. The van der Waals surface area contributed by atoms with Crippen molar-refractivity contribution in [1.82, 2.24) is 24.6 Å². The van der Waals surface area contributed by atoms with E-state index in [1.54, 1.807) is 16.8 Å². The minimum atomic E-state index is -0.232. The number of hydrogen-bond acceptors (Lipinski definition) is 5. The van der Waals surface area contributed by atoms with Crippen molar-refractivity contribution in [3.05, 3.63) is 59.1 Å². The van der Waals surface area contributed by atoms with Crippen LogP contribution < -0.4 is 10.2 Å². The van der Waals surface area contributed by atoms with Gasteiger partial charge in [-0.3, -0.25) is 9.20 Å². The van der Waals surface area contributed by atoms with Gasteiger partial charge >= 0.3 is 0 Å². The molecule has 140 valence electrons. The molecule has 7 nitrogen and oxygen atoms in total. The zero-order chi connectivity index (χ0) is 18.8. The Morgan fingerprint density at radius 2 is 1.96 bits per heavy atom. The molecule has 0 unspecified atom stereocenters. The Kier molecular flexibility index (Phi) is 4.96. The van der Waals surface area contributed by atoms with Crippen LogP contribution in [0.25, 0.3) is 5.78 Å². The second-order valence-corrected chi connectivity index (χ2v) is 7.14. The van der Waals surface area contributed by atoms with Gasteiger partial charge in [-0.1, -0.05) is 29.8 Å². The number of benzene rings is 1. The van der Waals surface area contributed by atoms with Gasteiger partial charge in [0.1, 0.15) is 5.69 Å². The van der Waals surface area contributed by atoms with Crippen molar-refractivity contribution in [2.45, 2.75) is 6.54 Å². The number of carbonyl (C=O) groups excluding carboxylic acids is 1. The lowest BCUT2D eigenvalue weighted by molar-refractivity contribution is 0.0946. The van der Waals surface area contributed by atoms with Gasteiger partial charge in [0, 0.05) is 50.8 Å². The SMILES string of the molecule is CN1CCN(c2ccccc2CNC(=O)c2cn3cc(Cl)cnc3n2)CC1. The Balaban J connectivity index is 1.47. The van der Waals surface area contributed by atoms with Crippen LogP contribution in [-0.2, 0) is 6.54 Å². The Labute approximate surface area is 162 Å². The molecule has 0 saturated carbocycles. The molecule has 1 fully saturated rings. The molecule has 0 aliphatic carbocycles. The van der Waals surface area contributed by atoms with E-state index in [0.29, 0.717) is 23.0 Å². The van der Waals surface area contributed by atoms with Crippen molar-refractivity contribution < 1.29 is 4.79 Å². The molecule has 1 aliphatic heterocycles. The number of imidazole rings is 1. The fourth-order valence-electron chi connectivity index (χ4n) is 3.25. The number of amides is 1. The minimum absolute atomic E-state index is 0.232. The van der Waals surface area contributed by atoms with Gasteiger partial charge in [-0.25, -0.2) is 9.97 Å². The van der Waals surface area contributed by atoms with Crippen LogP contribution >= 0.6 is 11.6 Å². The van der Waals surface area contributed by atoms with Gasteiger partial charge in [0.05, 0.1) is 11.2 Å². The van der Waals surface area contributed by atoms with Crippen LogP contribution in [0.4, 0.5) is 5.69 Å². The van der Waals surface area contributed by atoms with Gasteiger partial charge in [0.25, 0.3) is 5.91 Å². The number of carbonyl (C=O) groups is 1. The first kappa shape index (κ1) is 17.8. The van der Waals surface area contributed by atoms with Crippen LogP contribution in [0.2, 0.25) is 5.02 Å². The van der Waals surface area contributed by atoms with Gasteiger partial charge in [-0.15, -0.1) is 0 Å². The van der Waals surface area contributed by atoms with E-state index in [2.05, 4.69) is 44.3 Å². The molecule has 2 aromatic heterocycles. The van der Waals surface area contributed by atoms with Crippen molar-refractivity contribution in [2.75, 3.05) is 38.1 Å². The number of aromatic nitrogens is 3. The molecule has 0 bridgehead atoms. The van der Waals surface area contributed by atoms with E-state index < -0.39 is 0 Å². The van der Waals surface area contributed by atoms with Crippen LogP contribution in [0.1, 0.15) is 16.1 Å². The van der Waals surface area contributed by atoms with Crippen molar-refractivity contribution in [2.24, 2.45) is 0 Å². The monoisotopic (exact) mass is 384 g/mol. The lowest BCUT2D eigenvalue weighted by atomic mass is 10.1. The number of hydrogen-bond donors (Lipinski definition) is 1. The summed E-state index contributed by atoms with van der Waals surface area (Å²) in [6, 6.07) is 8.21. The van der Waals surface area contributed by atoms with Gasteiger partial charge in [0.2, 0.25) is 5.78 Å². The number of para-hydroxylation sites is 1. The molecule has 1 aromatic carbocycles. The van der Waals surface area contributed by atoms with Crippen molar-refractivity contribution in [1.29, 1.82) is 0 Å². The lowest BCUT2D eigenvalue weighted by Gasteiger charge is -2.35. The predicted octanol–water partition coefficient (Wildman–Crippen LogP) is 2.06.